The molecule has 1 N–H and O–H groups in total. The Hall–Kier alpha value is -2.12. The van der Waals surface area contributed by atoms with Crippen LogP contribution >= 0.6 is 0 Å². The van der Waals surface area contributed by atoms with Gasteiger partial charge in [-0.2, -0.15) is 0 Å². The van der Waals surface area contributed by atoms with Crippen molar-refractivity contribution in [2.75, 3.05) is 21.3 Å². The molecular weight excluding hydrogens is 304 g/mol. The van der Waals surface area contributed by atoms with Crippen LogP contribution in [0.3, 0.4) is 0 Å². The molecule has 0 aromatic carbocycles. The highest BCUT2D eigenvalue weighted by molar-refractivity contribution is 5.92. The zero-order valence-electron chi connectivity index (χ0n) is 14.5. The number of nitrogens with one attached hydrogen (secondary N) is 1. The van der Waals surface area contributed by atoms with Crippen molar-refractivity contribution in [2.45, 2.75) is 45.7 Å². The number of ether oxygens (including phenoxy) is 2. The number of likely N-dealkylation sites (N-methyl/N-ethyl adjacent to an activating group) is 1. The van der Waals surface area contributed by atoms with Crippen molar-refractivity contribution in [2.24, 2.45) is 5.92 Å². The topological polar surface area (TPSA) is 102 Å². The summed E-state index contributed by atoms with van der Waals surface area (Å²) in [4.78, 5) is 48.4. The van der Waals surface area contributed by atoms with Crippen LogP contribution in [0, 0.1) is 5.92 Å². The minimum atomic E-state index is -1.09. The fourth-order valence-corrected chi connectivity index (χ4v) is 2.09. The maximum atomic E-state index is 12.6. The molecule has 23 heavy (non-hydrogen) atoms. The molecule has 0 spiro atoms. The van der Waals surface area contributed by atoms with E-state index in [4.69, 9.17) is 4.74 Å². The van der Waals surface area contributed by atoms with Crippen LogP contribution in [-0.4, -0.2) is 62.0 Å². The van der Waals surface area contributed by atoms with Crippen molar-refractivity contribution in [1.29, 1.82) is 0 Å². The van der Waals surface area contributed by atoms with Gasteiger partial charge in [-0.1, -0.05) is 13.8 Å². The number of carbonyl (C=O) groups excluding carboxylic acids is 4. The summed E-state index contributed by atoms with van der Waals surface area (Å²) in [6, 6.07) is -1.88. The average molecular weight is 330 g/mol. The van der Waals surface area contributed by atoms with E-state index in [0.29, 0.717) is 6.42 Å². The molecule has 0 saturated heterocycles. The van der Waals surface area contributed by atoms with Gasteiger partial charge in [-0.25, -0.2) is 4.79 Å². The Balaban J connectivity index is 5.28. The molecule has 0 heterocycles. The average Bonchev–Trinajstić information content (AvgIpc) is 2.48. The summed E-state index contributed by atoms with van der Waals surface area (Å²) in [5.41, 5.74) is 0. The lowest BCUT2D eigenvalue weighted by atomic mass is 10.0. The molecule has 2 unspecified atom stereocenters. The zero-order chi connectivity index (χ0) is 18.2. The van der Waals surface area contributed by atoms with Gasteiger partial charge < -0.3 is 19.7 Å². The second kappa shape index (κ2) is 9.81. The van der Waals surface area contributed by atoms with Crippen LogP contribution in [0.2, 0.25) is 0 Å². The fraction of sp³-hybridized carbons (Fsp3) is 0.733. The van der Waals surface area contributed by atoms with E-state index in [1.54, 1.807) is 0 Å². The Kier molecular flexibility index (Phi) is 8.90. The van der Waals surface area contributed by atoms with Crippen molar-refractivity contribution < 1.29 is 28.7 Å². The number of hydrogen-bond acceptors (Lipinski definition) is 6. The molecular formula is C15H26N2O6. The van der Waals surface area contributed by atoms with Crippen molar-refractivity contribution in [3.63, 3.8) is 0 Å². The Bertz CT molecular complexity index is 449. The third-order valence-corrected chi connectivity index (χ3v) is 3.26. The number of rotatable bonds is 8. The Morgan fingerprint density at radius 2 is 1.65 bits per heavy atom. The van der Waals surface area contributed by atoms with E-state index in [1.165, 1.54) is 33.1 Å². The van der Waals surface area contributed by atoms with E-state index >= 15 is 0 Å². The largest absolute Gasteiger partial charge is 0.469 e. The summed E-state index contributed by atoms with van der Waals surface area (Å²) in [7, 11) is 3.88. The van der Waals surface area contributed by atoms with Gasteiger partial charge in [0.25, 0.3) is 0 Å². The molecule has 0 aliphatic carbocycles. The molecule has 0 rings (SSSR count). The monoisotopic (exact) mass is 330 g/mol. The molecule has 2 amide bonds. The molecule has 8 heteroatoms. The highest BCUT2D eigenvalue weighted by Crippen LogP contribution is 2.14. The van der Waals surface area contributed by atoms with Crippen molar-refractivity contribution >= 4 is 23.8 Å². The van der Waals surface area contributed by atoms with E-state index in [2.05, 4.69) is 10.1 Å². The molecule has 0 aliphatic rings. The van der Waals surface area contributed by atoms with Gasteiger partial charge in [0, 0.05) is 14.0 Å². The van der Waals surface area contributed by atoms with Crippen molar-refractivity contribution in [3.05, 3.63) is 0 Å². The third kappa shape index (κ3) is 7.12. The molecule has 132 valence electrons. The van der Waals surface area contributed by atoms with Gasteiger partial charge in [0.05, 0.1) is 20.6 Å². The number of hydrogen-bond donors (Lipinski definition) is 1. The molecule has 0 aromatic heterocycles. The number of carbonyl (C=O) groups is 4. The van der Waals surface area contributed by atoms with Gasteiger partial charge >= 0.3 is 11.9 Å². The predicted octanol–water partition coefficient (Wildman–Crippen LogP) is 0.100. The summed E-state index contributed by atoms with van der Waals surface area (Å²) >= 11 is 0. The first-order valence-electron chi connectivity index (χ1n) is 7.32. The standard InChI is InChI=1S/C15H26N2O6/c1-9(2)7-12(15(21)23-6)17(4)14(20)11(16-10(3)18)8-13(19)22-5/h9,11-12H,7-8H2,1-6H3,(H,16,18). The van der Waals surface area contributed by atoms with Gasteiger partial charge in [-0.05, 0) is 12.3 Å². The first kappa shape index (κ1) is 20.9. The van der Waals surface area contributed by atoms with Crippen LogP contribution in [0.5, 0.6) is 0 Å². The summed E-state index contributed by atoms with van der Waals surface area (Å²) in [6.45, 7) is 5.06. The summed E-state index contributed by atoms with van der Waals surface area (Å²) < 4.78 is 9.27. The predicted molar refractivity (Wildman–Crippen MR) is 82.3 cm³/mol. The second-order valence-electron chi connectivity index (χ2n) is 5.65. The van der Waals surface area contributed by atoms with Crippen LogP contribution < -0.4 is 5.32 Å². The molecule has 0 aromatic rings. The smallest absolute Gasteiger partial charge is 0.328 e. The number of methoxy groups -OCH3 is 2. The Morgan fingerprint density at radius 1 is 1.09 bits per heavy atom. The van der Waals surface area contributed by atoms with Crippen LogP contribution in [-0.2, 0) is 28.7 Å². The van der Waals surface area contributed by atoms with E-state index in [-0.39, 0.29) is 12.3 Å². The highest BCUT2D eigenvalue weighted by Gasteiger charge is 2.33. The van der Waals surface area contributed by atoms with Gasteiger partial charge in [0.15, 0.2) is 0 Å². The number of nitrogens with zero attached hydrogens (tertiary/aromatic N) is 1. The second-order valence-corrected chi connectivity index (χ2v) is 5.65. The zero-order valence-corrected chi connectivity index (χ0v) is 14.5. The van der Waals surface area contributed by atoms with E-state index in [9.17, 15) is 19.2 Å². The third-order valence-electron chi connectivity index (χ3n) is 3.26. The van der Waals surface area contributed by atoms with Crippen LogP contribution in [0.15, 0.2) is 0 Å². The Labute approximate surface area is 136 Å². The van der Waals surface area contributed by atoms with Gasteiger partial charge in [0.1, 0.15) is 12.1 Å². The minimum Gasteiger partial charge on any atom is -0.469 e. The molecule has 0 radical (unpaired) electrons. The van der Waals surface area contributed by atoms with Crippen molar-refractivity contribution in [3.8, 4) is 0 Å². The lowest BCUT2D eigenvalue weighted by Gasteiger charge is -2.30. The van der Waals surface area contributed by atoms with Crippen LogP contribution in [0.4, 0.5) is 0 Å². The molecule has 0 fully saturated rings. The first-order valence-corrected chi connectivity index (χ1v) is 7.32. The summed E-state index contributed by atoms with van der Waals surface area (Å²) in [5, 5.41) is 2.41. The van der Waals surface area contributed by atoms with Gasteiger partial charge in [0.2, 0.25) is 11.8 Å². The summed E-state index contributed by atoms with van der Waals surface area (Å²) in [5.74, 6) is -2.05. The van der Waals surface area contributed by atoms with Crippen LogP contribution in [0.25, 0.3) is 0 Å². The van der Waals surface area contributed by atoms with Gasteiger partial charge in [-0.3, -0.25) is 14.4 Å². The van der Waals surface area contributed by atoms with Gasteiger partial charge in [-0.15, -0.1) is 0 Å². The normalized spacial score (nSPS) is 13.0. The number of esters is 2. The maximum absolute atomic E-state index is 12.6. The fourth-order valence-electron chi connectivity index (χ4n) is 2.09. The first-order chi connectivity index (χ1) is 10.6. The highest BCUT2D eigenvalue weighted by atomic mass is 16.5. The minimum absolute atomic E-state index is 0.147. The Morgan fingerprint density at radius 3 is 2.04 bits per heavy atom. The number of amides is 2. The summed E-state index contributed by atoms with van der Waals surface area (Å²) in [6.07, 6.45) is 0.0920. The van der Waals surface area contributed by atoms with Crippen LogP contribution in [0.1, 0.15) is 33.6 Å². The molecule has 0 bridgehead atoms. The SMILES string of the molecule is COC(=O)CC(NC(C)=O)C(=O)N(C)C(CC(C)C)C(=O)OC. The molecule has 0 saturated carbocycles. The van der Waals surface area contributed by atoms with E-state index in [1.807, 2.05) is 13.8 Å². The van der Waals surface area contributed by atoms with E-state index in [0.717, 1.165) is 0 Å². The van der Waals surface area contributed by atoms with Crippen molar-refractivity contribution in [1.82, 2.24) is 10.2 Å². The lowest BCUT2D eigenvalue weighted by molar-refractivity contribution is -0.154. The molecule has 0 aliphatic heterocycles. The van der Waals surface area contributed by atoms with E-state index < -0.39 is 35.8 Å². The quantitative estimate of drug-likeness (QED) is 0.633. The lowest BCUT2D eigenvalue weighted by Crippen LogP contribution is -2.53. The maximum Gasteiger partial charge on any atom is 0.328 e. The molecule has 8 nitrogen and oxygen atoms in total. The molecule has 2 atom stereocenters.